The van der Waals surface area contributed by atoms with Crippen molar-refractivity contribution in [3.05, 3.63) is 51.9 Å². The number of benzene rings is 1. The molecule has 6 heteroatoms. The molecule has 1 aromatic carbocycles. The van der Waals surface area contributed by atoms with E-state index in [-0.39, 0.29) is 5.91 Å². The summed E-state index contributed by atoms with van der Waals surface area (Å²) < 4.78 is 0.969. The molecule has 0 spiro atoms. The number of carbonyl (C=O) groups is 1. The van der Waals surface area contributed by atoms with E-state index in [1.807, 2.05) is 24.3 Å². The Hall–Kier alpha value is -1.67. The Kier molecular flexibility index (Phi) is 4.11. The maximum absolute atomic E-state index is 12.0. The second-order valence-corrected chi connectivity index (χ2v) is 4.67. The fraction of sp³-hybridized carbons (Fsp3) is 0. The molecule has 2 rings (SSSR count). The van der Waals surface area contributed by atoms with Gasteiger partial charge in [0.25, 0.3) is 5.91 Å². The van der Waals surface area contributed by atoms with E-state index in [9.17, 15) is 4.79 Å². The SMILES string of the molecule is NNc1ccnc(C(=O)Nc2ccccc2I)c1. The van der Waals surface area contributed by atoms with Gasteiger partial charge in [-0.3, -0.25) is 15.6 Å². The summed E-state index contributed by atoms with van der Waals surface area (Å²) in [6.07, 6.45) is 1.53. The van der Waals surface area contributed by atoms with E-state index in [0.29, 0.717) is 11.4 Å². The summed E-state index contributed by atoms with van der Waals surface area (Å²) in [4.78, 5) is 16.0. The summed E-state index contributed by atoms with van der Waals surface area (Å²) in [5.41, 5.74) is 4.18. The van der Waals surface area contributed by atoms with E-state index < -0.39 is 0 Å². The fourth-order valence-electron chi connectivity index (χ4n) is 1.39. The lowest BCUT2D eigenvalue weighted by molar-refractivity contribution is 0.102. The van der Waals surface area contributed by atoms with Gasteiger partial charge in [0.2, 0.25) is 0 Å². The second kappa shape index (κ2) is 5.78. The Balaban J connectivity index is 2.19. The van der Waals surface area contributed by atoms with Crippen LogP contribution in [-0.2, 0) is 0 Å². The van der Waals surface area contributed by atoms with Crippen molar-refractivity contribution >= 4 is 39.9 Å². The molecule has 18 heavy (non-hydrogen) atoms. The molecule has 0 aliphatic carbocycles. The third-order valence-corrected chi connectivity index (χ3v) is 3.22. The van der Waals surface area contributed by atoms with Gasteiger partial charge in [0.1, 0.15) is 5.69 Å². The van der Waals surface area contributed by atoms with Crippen LogP contribution in [0.25, 0.3) is 0 Å². The predicted molar refractivity (Wildman–Crippen MR) is 79.2 cm³/mol. The monoisotopic (exact) mass is 354 g/mol. The number of hydrogen-bond acceptors (Lipinski definition) is 4. The number of aromatic nitrogens is 1. The zero-order valence-corrected chi connectivity index (χ0v) is 11.5. The molecular weight excluding hydrogens is 343 g/mol. The molecule has 0 bridgehead atoms. The number of nitrogen functional groups attached to an aromatic ring is 1. The summed E-state index contributed by atoms with van der Waals surface area (Å²) in [6.45, 7) is 0. The van der Waals surface area contributed by atoms with Crippen molar-refractivity contribution in [2.75, 3.05) is 10.7 Å². The average molecular weight is 354 g/mol. The molecule has 0 saturated carbocycles. The van der Waals surface area contributed by atoms with E-state index in [4.69, 9.17) is 5.84 Å². The van der Waals surface area contributed by atoms with Gasteiger partial charge in [-0.1, -0.05) is 12.1 Å². The molecule has 1 heterocycles. The summed E-state index contributed by atoms with van der Waals surface area (Å²) in [5, 5.41) is 2.80. The van der Waals surface area contributed by atoms with E-state index in [1.54, 1.807) is 12.1 Å². The van der Waals surface area contributed by atoms with Gasteiger partial charge in [-0.15, -0.1) is 0 Å². The van der Waals surface area contributed by atoms with Crippen molar-refractivity contribution in [1.29, 1.82) is 0 Å². The van der Waals surface area contributed by atoms with Crippen LogP contribution in [0.4, 0.5) is 11.4 Å². The number of hydrazine groups is 1. The average Bonchev–Trinajstić information content (AvgIpc) is 2.41. The Labute approximate surface area is 118 Å². The largest absolute Gasteiger partial charge is 0.324 e. The summed E-state index contributed by atoms with van der Waals surface area (Å²) in [6, 6.07) is 10.8. The van der Waals surface area contributed by atoms with Crippen LogP contribution in [0.15, 0.2) is 42.6 Å². The van der Waals surface area contributed by atoms with Crippen molar-refractivity contribution in [2.45, 2.75) is 0 Å². The van der Waals surface area contributed by atoms with E-state index >= 15 is 0 Å². The minimum atomic E-state index is -0.267. The van der Waals surface area contributed by atoms with Crippen LogP contribution in [0.5, 0.6) is 0 Å². The lowest BCUT2D eigenvalue weighted by Crippen LogP contribution is -2.15. The normalized spacial score (nSPS) is 9.89. The molecular formula is C12H11IN4O. The molecule has 0 radical (unpaired) electrons. The number of halogens is 1. The summed E-state index contributed by atoms with van der Waals surface area (Å²) in [5.74, 6) is 5.02. The van der Waals surface area contributed by atoms with E-state index in [2.05, 4.69) is 38.3 Å². The first-order valence-corrected chi connectivity index (χ1v) is 6.27. The smallest absolute Gasteiger partial charge is 0.274 e. The molecule has 1 aromatic heterocycles. The summed E-state index contributed by atoms with van der Waals surface area (Å²) >= 11 is 2.16. The first-order valence-electron chi connectivity index (χ1n) is 5.19. The molecule has 0 unspecified atom stereocenters. The van der Waals surface area contributed by atoms with Crippen molar-refractivity contribution < 1.29 is 4.79 Å². The molecule has 5 nitrogen and oxygen atoms in total. The van der Waals surface area contributed by atoms with Gasteiger partial charge in [0.05, 0.1) is 11.4 Å². The van der Waals surface area contributed by atoms with Crippen LogP contribution in [-0.4, -0.2) is 10.9 Å². The molecule has 0 saturated heterocycles. The topological polar surface area (TPSA) is 80.0 Å². The number of nitrogens with one attached hydrogen (secondary N) is 2. The van der Waals surface area contributed by atoms with Gasteiger partial charge >= 0.3 is 0 Å². The Morgan fingerprint density at radius 3 is 2.78 bits per heavy atom. The number of nitrogens with two attached hydrogens (primary N) is 1. The minimum absolute atomic E-state index is 0.267. The number of pyridine rings is 1. The van der Waals surface area contributed by atoms with Crippen molar-refractivity contribution in [2.24, 2.45) is 5.84 Å². The maximum atomic E-state index is 12.0. The van der Waals surface area contributed by atoms with E-state index in [0.717, 1.165) is 9.26 Å². The minimum Gasteiger partial charge on any atom is -0.324 e. The van der Waals surface area contributed by atoms with Gasteiger partial charge in [-0.2, -0.15) is 0 Å². The molecule has 0 aliphatic heterocycles. The number of rotatable bonds is 3. The zero-order chi connectivity index (χ0) is 13.0. The van der Waals surface area contributed by atoms with Crippen molar-refractivity contribution in [3.8, 4) is 0 Å². The van der Waals surface area contributed by atoms with Gasteiger partial charge in [0.15, 0.2) is 0 Å². The third-order valence-electron chi connectivity index (χ3n) is 2.28. The van der Waals surface area contributed by atoms with Gasteiger partial charge in [-0.25, -0.2) is 0 Å². The molecule has 4 N–H and O–H groups in total. The molecule has 0 atom stereocenters. The lowest BCUT2D eigenvalue weighted by atomic mass is 10.3. The van der Waals surface area contributed by atoms with Crippen LogP contribution in [0.3, 0.4) is 0 Å². The summed E-state index contributed by atoms with van der Waals surface area (Å²) in [7, 11) is 0. The highest BCUT2D eigenvalue weighted by atomic mass is 127. The van der Waals surface area contributed by atoms with Gasteiger partial charge in [0, 0.05) is 9.77 Å². The Bertz CT molecular complexity index is 574. The quantitative estimate of drug-likeness (QED) is 0.449. The highest BCUT2D eigenvalue weighted by molar-refractivity contribution is 14.1. The second-order valence-electron chi connectivity index (χ2n) is 3.51. The number of hydrogen-bond donors (Lipinski definition) is 3. The number of nitrogens with zero attached hydrogens (tertiary/aromatic N) is 1. The Morgan fingerprint density at radius 2 is 2.06 bits per heavy atom. The van der Waals surface area contributed by atoms with Crippen LogP contribution in [0.1, 0.15) is 10.5 Å². The Morgan fingerprint density at radius 1 is 1.28 bits per heavy atom. The molecule has 0 aliphatic rings. The first kappa shape index (κ1) is 12.8. The van der Waals surface area contributed by atoms with Crippen LogP contribution in [0.2, 0.25) is 0 Å². The lowest BCUT2D eigenvalue weighted by Gasteiger charge is -2.07. The standard InChI is InChI=1S/C12H11IN4O/c13-9-3-1-2-4-10(9)16-12(18)11-7-8(17-14)5-6-15-11/h1-7H,14H2,(H,15,17)(H,16,18). The van der Waals surface area contributed by atoms with Gasteiger partial charge < -0.3 is 10.7 Å². The predicted octanol–water partition coefficient (Wildman–Crippen LogP) is 2.22. The van der Waals surface area contributed by atoms with Crippen LogP contribution in [0, 0.1) is 3.57 Å². The number of amides is 1. The molecule has 1 amide bonds. The molecule has 2 aromatic rings. The number of carbonyl (C=O) groups excluding carboxylic acids is 1. The van der Waals surface area contributed by atoms with Gasteiger partial charge in [-0.05, 0) is 46.9 Å². The van der Waals surface area contributed by atoms with Crippen LogP contribution >= 0.6 is 22.6 Å². The zero-order valence-electron chi connectivity index (χ0n) is 9.35. The highest BCUT2D eigenvalue weighted by Gasteiger charge is 2.09. The van der Waals surface area contributed by atoms with E-state index in [1.165, 1.54) is 6.20 Å². The maximum Gasteiger partial charge on any atom is 0.274 e. The first-order chi connectivity index (χ1) is 8.70. The molecule has 92 valence electrons. The number of anilines is 2. The molecule has 0 fully saturated rings. The number of para-hydroxylation sites is 1. The van der Waals surface area contributed by atoms with Crippen LogP contribution < -0.4 is 16.6 Å². The fourth-order valence-corrected chi connectivity index (χ4v) is 1.92. The highest BCUT2D eigenvalue weighted by Crippen LogP contribution is 2.18. The van der Waals surface area contributed by atoms with Crippen molar-refractivity contribution in [3.63, 3.8) is 0 Å². The van der Waals surface area contributed by atoms with Crippen molar-refractivity contribution in [1.82, 2.24) is 4.98 Å². The third kappa shape index (κ3) is 2.96.